The van der Waals surface area contributed by atoms with Gasteiger partial charge in [0.15, 0.2) is 17.2 Å². The number of aliphatic hydroxyl groups is 3. The van der Waals surface area contributed by atoms with Crippen molar-refractivity contribution in [1.82, 2.24) is 0 Å². The van der Waals surface area contributed by atoms with Gasteiger partial charge in [-0.1, -0.05) is 63.6 Å². The number of carbonyl (C=O) groups is 3. The highest BCUT2D eigenvalue weighted by atomic mass is 16.3. The highest BCUT2D eigenvalue weighted by Crippen LogP contribution is 2.65. The fourth-order valence-electron chi connectivity index (χ4n) is 7.74. The third-order valence-electron chi connectivity index (χ3n) is 9.25. The van der Waals surface area contributed by atoms with E-state index in [1.165, 1.54) is 6.07 Å². The Morgan fingerprint density at radius 1 is 1.00 bits per heavy atom. The number of aromatic hydroxyl groups is 1. The van der Waals surface area contributed by atoms with Crippen molar-refractivity contribution in [3.05, 3.63) is 75.8 Å². The molecule has 0 bridgehead atoms. The molecule has 2 aromatic carbocycles. The lowest BCUT2D eigenvalue weighted by Crippen LogP contribution is -2.67. The highest BCUT2D eigenvalue weighted by molar-refractivity contribution is 6.25. The van der Waals surface area contributed by atoms with E-state index in [1.807, 2.05) is 45.0 Å². The molecular weight excluding hydrogens is 496 g/mol. The van der Waals surface area contributed by atoms with E-state index in [4.69, 9.17) is 0 Å². The van der Waals surface area contributed by atoms with Gasteiger partial charge in [-0.05, 0) is 55.4 Å². The fraction of sp³-hybridized carbons (Fsp3) is 0.406. The smallest absolute Gasteiger partial charge is 0.209 e. The van der Waals surface area contributed by atoms with Crippen LogP contribution in [-0.2, 0) is 16.0 Å². The first-order valence-corrected chi connectivity index (χ1v) is 13.2. The summed E-state index contributed by atoms with van der Waals surface area (Å²) in [7, 11) is 0. The summed E-state index contributed by atoms with van der Waals surface area (Å²) >= 11 is 0. The van der Waals surface area contributed by atoms with Crippen LogP contribution in [-0.4, -0.2) is 43.4 Å². The molecule has 204 valence electrons. The second-order valence-electron chi connectivity index (χ2n) is 12.3. The molecule has 0 fully saturated rings. The summed E-state index contributed by atoms with van der Waals surface area (Å²) in [6.07, 6.45) is 0.299. The normalized spacial score (nSPS) is 30.3. The molecular formula is C32H34O7. The van der Waals surface area contributed by atoms with E-state index in [0.717, 1.165) is 23.6 Å². The predicted molar refractivity (Wildman–Crippen MR) is 145 cm³/mol. The maximum Gasteiger partial charge on any atom is 0.209 e. The molecule has 7 nitrogen and oxygen atoms in total. The fourth-order valence-corrected chi connectivity index (χ4v) is 7.74. The van der Waals surface area contributed by atoms with Crippen LogP contribution in [0.1, 0.15) is 62.5 Å². The van der Waals surface area contributed by atoms with E-state index in [9.17, 15) is 34.8 Å². The molecule has 39 heavy (non-hydrogen) atoms. The Morgan fingerprint density at radius 2 is 1.62 bits per heavy atom. The number of aryl methyl sites for hydroxylation is 1. The Bertz CT molecular complexity index is 1530. The third-order valence-corrected chi connectivity index (χ3v) is 9.25. The standard InChI is InChI=1S/C32H34O7/c1-15(2)24-26(35)22(17(4)33)28(37)32(39)29(38)25-27(36)23-20(13-30(25,5)14-31(24,32)6)19(11-12-21(23)34)18-9-7-16(3)8-10-18/h7-12,15,24,34-35,38-39H,13-14H2,1-6H3/t24?,30-,31-,32+/m1/s1. The van der Waals surface area contributed by atoms with Crippen LogP contribution >= 0.6 is 0 Å². The summed E-state index contributed by atoms with van der Waals surface area (Å²) in [6, 6.07) is 11.0. The molecule has 0 heterocycles. The van der Waals surface area contributed by atoms with Crippen molar-refractivity contribution in [3.8, 4) is 16.9 Å². The zero-order valence-electron chi connectivity index (χ0n) is 23.0. The van der Waals surface area contributed by atoms with Gasteiger partial charge in [-0.3, -0.25) is 14.4 Å². The van der Waals surface area contributed by atoms with Crippen LogP contribution in [0.2, 0.25) is 0 Å². The van der Waals surface area contributed by atoms with E-state index in [0.29, 0.717) is 5.56 Å². The van der Waals surface area contributed by atoms with Crippen molar-refractivity contribution in [3.63, 3.8) is 0 Å². The Kier molecular flexibility index (Phi) is 5.78. The average Bonchev–Trinajstić information content (AvgIpc) is 2.82. The van der Waals surface area contributed by atoms with Crippen LogP contribution in [0.3, 0.4) is 0 Å². The number of ketones is 3. The van der Waals surface area contributed by atoms with Gasteiger partial charge in [0.1, 0.15) is 22.8 Å². The minimum absolute atomic E-state index is 0.0214. The molecule has 7 heteroatoms. The maximum absolute atomic E-state index is 14.1. The minimum Gasteiger partial charge on any atom is -0.511 e. The van der Waals surface area contributed by atoms with Gasteiger partial charge < -0.3 is 20.4 Å². The summed E-state index contributed by atoms with van der Waals surface area (Å²) in [5.74, 6) is -5.15. The Balaban J connectivity index is 1.81. The SMILES string of the molecule is CC(=O)C1=C(O)C(C(C)C)[C@@]2(C)C[C@@]3(C)Cc4c(-c5ccc(C)cc5)ccc(O)c4C(=O)C3=C(O)[C@@]2(O)C1=O. The summed E-state index contributed by atoms with van der Waals surface area (Å²) in [6.45, 7) is 10.2. The Morgan fingerprint density at radius 3 is 2.18 bits per heavy atom. The number of phenols is 1. The number of aliphatic hydroxyl groups excluding tert-OH is 2. The van der Waals surface area contributed by atoms with E-state index >= 15 is 0 Å². The van der Waals surface area contributed by atoms with E-state index in [2.05, 4.69) is 0 Å². The molecule has 3 aliphatic carbocycles. The number of hydrogen-bond donors (Lipinski definition) is 4. The quantitative estimate of drug-likeness (QED) is 0.395. The average molecular weight is 531 g/mol. The molecule has 3 aliphatic rings. The summed E-state index contributed by atoms with van der Waals surface area (Å²) in [5, 5.41) is 45.9. The summed E-state index contributed by atoms with van der Waals surface area (Å²) in [4.78, 5) is 40.3. The molecule has 1 unspecified atom stereocenters. The van der Waals surface area contributed by atoms with Crippen molar-refractivity contribution in [1.29, 1.82) is 0 Å². The Hall–Kier alpha value is -3.71. The van der Waals surface area contributed by atoms with Gasteiger partial charge in [0.2, 0.25) is 5.78 Å². The first-order valence-electron chi connectivity index (χ1n) is 13.2. The largest absolute Gasteiger partial charge is 0.511 e. The first kappa shape index (κ1) is 26.9. The molecule has 2 aromatic rings. The number of hydrogen-bond acceptors (Lipinski definition) is 7. The van der Waals surface area contributed by atoms with Gasteiger partial charge in [-0.15, -0.1) is 0 Å². The number of carbonyl (C=O) groups excluding carboxylic acids is 3. The van der Waals surface area contributed by atoms with Gasteiger partial charge in [0.05, 0.1) is 5.56 Å². The third kappa shape index (κ3) is 3.35. The molecule has 4 atom stereocenters. The second-order valence-corrected chi connectivity index (χ2v) is 12.3. The van der Waals surface area contributed by atoms with Crippen molar-refractivity contribution < 1.29 is 34.8 Å². The molecule has 0 aliphatic heterocycles. The second kappa shape index (κ2) is 8.39. The number of rotatable bonds is 3. The molecule has 4 N–H and O–H groups in total. The maximum atomic E-state index is 14.1. The van der Waals surface area contributed by atoms with Gasteiger partial charge in [0.25, 0.3) is 0 Å². The molecule has 0 spiro atoms. The van der Waals surface area contributed by atoms with Gasteiger partial charge >= 0.3 is 0 Å². The van der Waals surface area contributed by atoms with Gasteiger partial charge in [-0.2, -0.15) is 0 Å². The van der Waals surface area contributed by atoms with E-state index < -0.39 is 56.8 Å². The van der Waals surface area contributed by atoms with Crippen LogP contribution in [0.15, 0.2) is 59.1 Å². The van der Waals surface area contributed by atoms with Crippen LogP contribution < -0.4 is 0 Å². The molecule has 0 aromatic heterocycles. The van der Waals surface area contributed by atoms with Crippen molar-refractivity contribution in [2.24, 2.45) is 22.7 Å². The van der Waals surface area contributed by atoms with Gasteiger partial charge in [-0.25, -0.2) is 0 Å². The number of Topliss-reactive ketones (excluding diaryl/α,β-unsaturated/α-hetero) is 3. The van der Waals surface area contributed by atoms with Gasteiger partial charge in [0, 0.05) is 22.3 Å². The van der Waals surface area contributed by atoms with Crippen molar-refractivity contribution >= 4 is 17.3 Å². The molecule has 0 amide bonds. The summed E-state index contributed by atoms with van der Waals surface area (Å²) < 4.78 is 0. The predicted octanol–water partition coefficient (Wildman–Crippen LogP) is 5.32. The topological polar surface area (TPSA) is 132 Å². The van der Waals surface area contributed by atoms with Crippen LogP contribution in [0.5, 0.6) is 5.75 Å². The number of allylic oxidation sites excluding steroid dienone is 2. The zero-order chi connectivity index (χ0) is 28.8. The lowest BCUT2D eigenvalue weighted by atomic mass is 9.44. The lowest BCUT2D eigenvalue weighted by Gasteiger charge is -2.59. The van der Waals surface area contributed by atoms with Crippen LogP contribution in [0.25, 0.3) is 11.1 Å². The van der Waals surface area contributed by atoms with E-state index in [-0.39, 0.29) is 35.6 Å². The number of benzene rings is 2. The van der Waals surface area contributed by atoms with Crippen LogP contribution in [0, 0.1) is 29.6 Å². The zero-order valence-corrected chi connectivity index (χ0v) is 23.0. The first-order chi connectivity index (χ1) is 18.1. The lowest BCUT2D eigenvalue weighted by molar-refractivity contribution is -0.171. The summed E-state index contributed by atoms with van der Waals surface area (Å²) in [5.41, 5.74) is -2.47. The molecule has 5 rings (SSSR count). The molecule has 0 saturated carbocycles. The number of phenolic OH excluding ortho intramolecular Hbond substituents is 1. The van der Waals surface area contributed by atoms with Crippen molar-refractivity contribution in [2.45, 2.75) is 60.0 Å². The minimum atomic E-state index is -2.61. The highest BCUT2D eigenvalue weighted by Gasteiger charge is 2.71. The number of fused-ring (bicyclic) bond motifs is 3. The van der Waals surface area contributed by atoms with E-state index in [1.54, 1.807) is 19.9 Å². The molecule has 0 radical (unpaired) electrons. The van der Waals surface area contributed by atoms with Crippen LogP contribution in [0.4, 0.5) is 0 Å². The Labute approximate surface area is 227 Å². The molecule has 0 saturated heterocycles. The monoisotopic (exact) mass is 530 g/mol. The van der Waals surface area contributed by atoms with Crippen molar-refractivity contribution in [2.75, 3.05) is 0 Å².